The van der Waals surface area contributed by atoms with Crippen molar-refractivity contribution in [3.05, 3.63) is 77.0 Å². The van der Waals surface area contributed by atoms with E-state index in [0.29, 0.717) is 45.1 Å². The molecule has 0 saturated carbocycles. The van der Waals surface area contributed by atoms with Crippen LogP contribution in [0.15, 0.2) is 74.7 Å². The summed E-state index contributed by atoms with van der Waals surface area (Å²) in [5, 5.41) is 3.09. The summed E-state index contributed by atoms with van der Waals surface area (Å²) >= 11 is 0. The Kier molecular flexibility index (Phi) is 6.12. The molecule has 0 spiro atoms. The monoisotopic (exact) mass is 435 g/mol. The molecular weight excluding hydrogens is 414 g/mol. The van der Waals surface area contributed by atoms with Gasteiger partial charge in [-0.15, -0.1) is 0 Å². The fourth-order valence-electron chi connectivity index (χ4n) is 3.20. The van der Waals surface area contributed by atoms with E-state index < -0.39 is 0 Å². The first-order valence-electron chi connectivity index (χ1n) is 9.79. The summed E-state index contributed by atoms with van der Waals surface area (Å²) in [6.45, 7) is 0.0981. The predicted octanol–water partition coefficient (Wildman–Crippen LogP) is 3.77. The number of ether oxygens (including phenoxy) is 3. The Bertz CT molecular complexity index is 1290. The summed E-state index contributed by atoms with van der Waals surface area (Å²) in [7, 11) is 3.08. The van der Waals surface area contributed by atoms with E-state index in [1.165, 1.54) is 19.6 Å². The van der Waals surface area contributed by atoms with Gasteiger partial charge in [-0.1, -0.05) is 6.07 Å². The minimum absolute atomic E-state index is 0.180. The third-order valence-corrected chi connectivity index (χ3v) is 4.85. The molecule has 0 fully saturated rings. The number of nitrogens with one attached hydrogen (secondary N) is 1. The van der Waals surface area contributed by atoms with Crippen LogP contribution >= 0.6 is 0 Å². The SMILES string of the molecule is COc1ccc(-c2coc3cc(OCC(=O)NCc4ccco4)ccc3c2=O)cc1OC. The van der Waals surface area contributed by atoms with Gasteiger partial charge < -0.3 is 28.4 Å². The normalized spacial score (nSPS) is 10.7. The van der Waals surface area contributed by atoms with Crippen molar-refractivity contribution >= 4 is 16.9 Å². The van der Waals surface area contributed by atoms with Crippen LogP contribution in [0.5, 0.6) is 17.2 Å². The number of carbonyl (C=O) groups is 1. The Morgan fingerprint density at radius 2 is 1.84 bits per heavy atom. The number of furan rings is 1. The zero-order valence-corrected chi connectivity index (χ0v) is 17.5. The molecule has 8 nitrogen and oxygen atoms in total. The molecule has 0 saturated heterocycles. The molecule has 4 aromatic rings. The first-order valence-corrected chi connectivity index (χ1v) is 9.79. The number of hydrogen-bond acceptors (Lipinski definition) is 7. The lowest BCUT2D eigenvalue weighted by atomic mass is 10.0. The van der Waals surface area contributed by atoms with Crippen LogP contribution in [0.3, 0.4) is 0 Å². The fourth-order valence-corrected chi connectivity index (χ4v) is 3.20. The van der Waals surface area contributed by atoms with Crippen LogP contribution in [0.2, 0.25) is 0 Å². The lowest BCUT2D eigenvalue weighted by Crippen LogP contribution is -2.28. The van der Waals surface area contributed by atoms with E-state index in [4.69, 9.17) is 23.0 Å². The Hall–Kier alpha value is -4.20. The maximum Gasteiger partial charge on any atom is 0.258 e. The van der Waals surface area contributed by atoms with E-state index in [1.807, 2.05) is 0 Å². The van der Waals surface area contributed by atoms with Gasteiger partial charge in [0.2, 0.25) is 0 Å². The van der Waals surface area contributed by atoms with Gasteiger partial charge in [-0.2, -0.15) is 0 Å². The average Bonchev–Trinajstić information content (AvgIpc) is 3.35. The van der Waals surface area contributed by atoms with Crippen molar-refractivity contribution in [2.75, 3.05) is 20.8 Å². The fraction of sp³-hybridized carbons (Fsp3) is 0.167. The molecule has 164 valence electrons. The maximum atomic E-state index is 13.0. The van der Waals surface area contributed by atoms with Gasteiger partial charge in [0.1, 0.15) is 23.4 Å². The van der Waals surface area contributed by atoms with Crippen LogP contribution < -0.4 is 25.0 Å². The van der Waals surface area contributed by atoms with Gasteiger partial charge in [0.25, 0.3) is 5.91 Å². The van der Waals surface area contributed by atoms with Crippen LogP contribution in [-0.2, 0) is 11.3 Å². The van der Waals surface area contributed by atoms with Crippen LogP contribution in [0.1, 0.15) is 5.76 Å². The minimum Gasteiger partial charge on any atom is -0.493 e. The smallest absolute Gasteiger partial charge is 0.258 e. The minimum atomic E-state index is -0.299. The molecule has 2 aromatic carbocycles. The van der Waals surface area contributed by atoms with Gasteiger partial charge in [0.05, 0.1) is 38.0 Å². The van der Waals surface area contributed by atoms with Gasteiger partial charge in [-0.3, -0.25) is 9.59 Å². The average molecular weight is 435 g/mol. The van der Waals surface area contributed by atoms with E-state index in [1.54, 1.807) is 55.6 Å². The number of rotatable bonds is 8. The Morgan fingerprint density at radius 1 is 1.00 bits per heavy atom. The molecule has 0 aliphatic heterocycles. The zero-order chi connectivity index (χ0) is 22.5. The Morgan fingerprint density at radius 3 is 2.59 bits per heavy atom. The molecular formula is C24H21NO7. The Balaban J connectivity index is 1.50. The van der Waals surface area contributed by atoms with E-state index in [-0.39, 0.29) is 24.5 Å². The number of methoxy groups -OCH3 is 2. The summed E-state index contributed by atoms with van der Waals surface area (Å²) < 4.78 is 26.9. The number of amides is 1. The van der Waals surface area contributed by atoms with Crippen molar-refractivity contribution in [3.8, 4) is 28.4 Å². The molecule has 2 aromatic heterocycles. The highest BCUT2D eigenvalue weighted by Gasteiger charge is 2.13. The van der Waals surface area contributed by atoms with Crippen LogP contribution in [0, 0.1) is 0 Å². The topological polar surface area (TPSA) is 100 Å². The van der Waals surface area contributed by atoms with Crippen molar-refractivity contribution in [1.82, 2.24) is 5.32 Å². The number of hydrogen-bond donors (Lipinski definition) is 1. The molecule has 0 radical (unpaired) electrons. The van der Waals surface area contributed by atoms with Crippen molar-refractivity contribution in [2.45, 2.75) is 6.54 Å². The van der Waals surface area contributed by atoms with Gasteiger partial charge in [-0.05, 0) is 42.0 Å². The van der Waals surface area contributed by atoms with E-state index in [2.05, 4.69) is 5.32 Å². The second kappa shape index (κ2) is 9.30. The van der Waals surface area contributed by atoms with E-state index in [9.17, 15) is 9.59 Å². The first kappa shape index (κ1) is 21.0. The predicted molar refractivity (Wildman–Crippen MR) is 117 cm³/mol. The molecule has 0 aliphatic rings. The van der Waals surface area contributed by atoms with Crippen molar-refractivity contribution < 1.29 is 27.8 Å². The summed E-state index contributed by atoms with van der Waals surface area (Å²) in [6, 6.07) is 13.5. The lowest BCUT2D eigenvalue weighted by Gasteiger charge is -2.10. The molecule has 0 atom stereocenters. The van der Waals surface area contributed by atoms with Crippen LogP contribution in [0.4, 0.5) is 0 Å². The third kappa shape index (κ3) is 4.44. The summed E-state index contributed by atoms with van der Waals surface area (Å²) in [5.41, 5.74) is 1.20. The molecule has 4 rings (SSSR count). The van der Waals surface area contributed by atoms with Gasteiger partial charge in [-0.25, -0.2) is 0 Å². The Labute approximate surface area is 183 Å². The van der Waals surface area contributed by atoms with E-state index in [0.717, 1.165) is 0 Å². The molecule has 1 N–H and O–H groups in total. The number of carbonyl (C=O) groups excluding carboxylic acids is 1. The van der Waals surface area contributed by atoms with Crippen molar-refractivity contribution in [3.63, 3.8) is 0 Å². The maximum absolute atomic E-state index is 13.0. The van der Waals surface area contributed by atoms with E-state index >= 15 is 0 Å². The van der Waals surface area contributed by atoms with Gasteiger partial charge >= 0.3 is 0 Å². The molecule has 0 aliphatic carbocycles. The zero-order valence-electron chi connectivity index (χ0n) is 17.5. The van der Waals surface area contributed by atoms with Crippen molar-refractivity contribution in [1.29, 1.82) is 0 Å². The lowest BCUT2D eigenvalue weighted by molar-refractivity contribution is -0.123. The third-order valence-electron chi connectivity index (χ3n) is 4.85. The summed E-state index contributed by atoms with van der Waals surface area (Å²) in [4.78, 5) is 25.0. The number of fused-ring (bicyclic) bond motifs is 1. The van der Waals surface area contributed by atoms with Crippen molar-refractivity contribution in [2.24, 2.45) is 0 Å². The highest BCUT2D eigenvalue weighted by molar-refractivity contribution is 5.83. The highest BCUT2D eigenvalue weighted by atomic mass is 16.5. The largest absolute Gasteiger partial charge is 0.493 e. The molecule has 0 unspecified atom stereocenters. The molecule has 1 amide bonds. The first-order chi connectivity index (χ1) is 15.6. The summed E-state index contributed by atoms with van der Waals surface area (Å²) in [6.07, 6.45) is 2.93. The second-order valence-corrected chi connectivity index (χ2v) is 6.85. The standard InChI is InChI=1S/C24H21NO7/c1-28-20-8-5-15(10-22(20)29-2)19-13-32-21-11-16(6-7-18(21)24(19)27)31-14-23(26)25-12-17-4-3-9-30-17/h3-11,13H,12,14H2,1-2H3,(H,25,26). The molecule has 8 heteroatoms. The molecule has 32 heavy (non-hydrogen) atoms. The van der Waals surface area contributed by atoms with Crippen LogP contribution in [-0.4, -0.2) is 26.7 Å². The van der Waals surface area contributed by atoms with Crippen LogP contribution in [0.25, 0.3) is 22.1 Å². The highest BCUT2D eigenvalue weighted by Crippen LogP contribution is 2.32. The number of benzene rings is 2. The summed E-state index contributed by atoms with van der Waals surface area (Å²) in [5.74, 6) is 1.84. The molecule has 2 heterocycles. The van der Waals surface area contributed by atoms with Gasteiger partial charge in [0.15, 0.2) is 23.5 Å². The molecule has 0 bridgehead atoms. The van der Waals surface area contributed by atoms with Gasteiger partial charge in [0, 0.05) is 6.07 Å². The quantitative estimate of drug-likeness (QED) is 0.450. The second-order valence-electron chi connectivity index (χ2n) is 6.85.